The summed E-state index contributed by atoms with van der Waals surface area (Å²) in [7, 11) is 0. The molecule has 2 heterocycles. The zero-order chi connectivity index (χ0) is 23.4. The van der Waals surface area contributed by atoms with Crippen LogP contribution in [0.25, 0.3) is 0 Å². The predicted molar refractivity (Wildman–Crippen MR) is 125 cm³/mol. The van der Waals surface area contributed by atoms with Gasteiger partial charge in [0.05, 0.1) is 6.26 Å². The molecule has 1 saturated heterocycles. The van der Waals surface area contributed by atoms with Gasteiger partial charge in [0.2, 0.25) is 0 Å². The Bertz CT molecular complexity index is 1110. The third-order valence-corrected chi connectivity index (χ3v) is 5.81. The summed E-state index contributed by atoms with van der Waals surface area (Å²) in [6.07, 6.45) is 1.44. The van der Waals surface area contributed by atoms with Crippen molar-refractivity contribution in [2.24, 2.45) is 0 Å². The SMILES string of the molecule is CC(C)c1ccc(C(=O)N2CCN(C(=O)c3ccc(NC(=O)c4ccco4)cc3)CC2)cc1. The van der Waals surface area contributed by atoms with E-state index in [9.17, 15) is 14.4 Å². The second-order valence-electron chi connectivity index (χ2n) is 8.37. The Morgan fingerprint density at radius 2 is 1.30 bits per heavy atom. The van der Waals surface area contributed by atoms with Crippen LogP contribution in [0.1, 0.15) is 56.6 Å². The fourth-order valence-electron chi connectivity index (χ4n) is 3.78. The monoisotopic (exact) mass is 445 g/mol. The molecule has 1 fully saturated rings. The van der Waals surface area contributed by atoms with Crippen LogP contribution in [0.3, 0.4) is 0 Å². The van der Waals surface area contributed by atoms with E-state index in [0.717, 1.165) is 0 Å². The first kappa shape index (κ1) is 22.3. The number of benzene rings is 2. The quantitative estimate of drug-likeness (QED) is 0.636. The summed E-state index contributed by atoms with van der Waals surface area (Å²) < 4.78 is 5.08. The van der Waals surface area contributed by atoms with Gasteiger partial charge in [0.1, 0.15) is 0 Å². The minimum atomic E-state index is -0.348. The van der Waals surface area contributed by atoms with Crippen molar-refractivity contribution in [3.63, 3.8) is 0 Å². The van der Waals surface area contributed by atoms with Gasteiger partial charge in [0, 0.05) is 43.0 Å². The summed E-state index contributed by atoms with van der Waals surface area (Å²) in [6.45, 7) is 6.19. The summed E-state index contributed by atoms with van der Waals surface area (Å²) in [5.41, 5.74) is 2.99. The van der Waals surface area contributed by atoms with E-state index in [1.165, 1.54) is 11.8 Å². The molecule has 0 spiro atoms. The first-order valence-electron chi connectivity index (χ1n) is 11.1. The highest BCUT2D eigenvalue weighted by Gasteiger charge is 2.25. The molecule has 0 atom stereocenters. The smallest absolute Gasteiger partial charge is 0.291 e. The number of hydrogen-bond donors (Lipinski definition) is 1. The molecule has 3 amide bonds. The highest BCUT2D eigenvalue weighted by atomic mass is 16.3. The Hall–Kier alpha value is -3.87. The number of anilines is 1. The Labute approximate surface area is 193 Å². The normalized spacial score (nSPS) is 13.8. The number of carbonyl (C=O) groups excluding carboxylic acids is 3. The van der Waals surface area contributed by atoms with Gasteiger partial charge in [-0.2, -0.15) is 0 Å². The number of rotatable bonds is 5. The fourth-order valence-corrected chi connectivity index (χ4v) is 3.78. The molecule has 0 radical (unpaired) electrons. The predicted octanol–water partition coefficient (Wildman–Crippen LogP) is 4.25. The molecule has 2 aromatic carbocycles. The highest BCUT2D eigenvalue weighted by molar-refractivity contribution is 6.02. The van der Waals surface area contributed by atoms with E-state index in [-0.39, 0.29) is 23.5 Å². The van der Waals surface area contributed by atoms with Crippen LogP contribution in [0.4, 0.5) is 5.69 Å². The van der Waals surface area contributed by atoms with Crippen LogP contribution >= 0.6 is 0 Å². The van der Waals surface area contributed by atoms with Gasteiger partial charge >= 0.3 is 0 Å². The average molecular weight is 446 g/mol. The number of nitrogens with one attached hydrogen (secondary N) is 1. The molecule has 170 valence electrons. The van der Waals surface area contributed by atoms with E-state index < -0.39 is 0 Å². The number of carbonyl (C=O) groups is 3. The maximum atomic E-state index is 12.9. The lowest BCUT2D eigenvalue weighted by molar-refractivity contribution is 0.0535. The first-order chi connectivity index (χ1) is 15.9. The maximum Gasteiger partial charge on any atom is 0.291 e. The minimum Gasteiger partial charge on any atom is -0.459 e. The zero-order valence-corrected chi connectivity index (χ0v) is 18.8. The van der Waals surface area contributed by atoms with Gasteiger partial charge in [0.25, 0.3) is 17.7 Å². The van der Waals surface area contributed by atoms with E-state index >= 15 is 0 Å². The second-order valence-corrected chi connectivity index (χ2v) is 8.37. The molecule has 1 aliphatic heterocycles. The van der Waals surface area contributed by atoms with Crippen molar-refractivity contribution in [2.45, 2.75) is 19.8 Å². The fraction of sp³-hybridized carbons (Fsp3) is 0.269. The molecule has 1 aromatic heterocycles. The third kappa shape index (κ3) is 5.14. The standard InChI is InChI=1S/C26H27N3O4/c1-18(2)19-5-7-20(8-6-19)25(31)28-13-15-29(16-14-28)26(32)21-9-11-22(12-10-21)27-24(30)23-4-3-17-33-23/h3-12,17-18H,13-16H2,1-2H3,(H,27,30). The van der Waals surface area contributed by atoms with Crippen molar-refractivity contribution >= 4 is 23.4 Å². The summed E-state index contributed by atoms with van der Waals surface area (Å²) in [5.74, 6) is 0.198. The molecule has 0 unspecified atom stereocenters. The van der Waals surface area contributed by atoms with Crippen molar-refractivity contribution in [3.05, 3.63) is 89.4 Å². The lowest BCUT2D eigenvalue weighted by atomic mass is 10.0. The number of nitrogens with zero attached hydrogens (tertiary/aromatic N) is 2. The Morgan fingerprint density at radius 3 is 1.76 bits per heavy atom. The molecule has 0 bridgehead atoms. The molecule has 4 rings (SSSR count). The molecule has 7 heteroatoms. The van der Waals surface area contributed by atoms with Gasteiger partial charge < -0.3 is 19.5 Å². The molecule has 0 saturated carbocycles. The van der Waals surface area contributed by atoms with Crippen molar-refractivity contribution in [1.82, 2.24) is 9.80 Å². The molecular formula is C26H27N3O4. The minimum absolute atomic E-state index is 0.00550. The van der Waals surface area contributed by atoms with Gasteiger partial charge in [-0.25, -0.2) is 0 Å². The van der Waals surface area contributed by atoms with Crippen LogP contribution in [0.2, 0.25) is 0 Å². The van der Waals surface area contributed by atoms with E-state index in [4.69, 9.17) is 4.42 Å². The molecule has 1 N–H and O–H groups in total. The summed E-state index contributed by atoms with van der Waals surface area (Å²) in [6, 6.07) is 17.7. The van der Waals surface area contributed by atoms with E-state index in [2.05, 4.69) is 19.2 Å². The van der Waals surface area contributed by atoms with E-state index in [1.54, 1.807) is 46.2 Å². The van der Waals surface area contributed by atoms with Crippen LogP contribution in [-0.4, -0.2) is 53.7 Å². The van der Waals surface area contributed by atoms with Crippen molar-refractivity contribution in [2.75, 3.05) is 31.5 Å². The summed E-state index contributed by atoms with van der Waals surface area (Å²) in [4.78, 5) is 41.3. The van der Waals surface area contributed by atoms with Crippen molar-refractivity contribution in [1.29, 1.82) is 0 Å². The third-order valence-electron chi connectivity index (χ3n) is 5.81. The first-order valence-corrected chi connectivity index (χ1v) is 11.1. The van der Waals surface area contributed by atoms with Crippen LogP contribution in [0.5, 0.6) is 0 Å². The van der Waals surface area contributed by atoms with Crippen LogP contribution in [-0.2, 0) is 0 Å². The summed E-state index contributed by atoms with van der Waals surface area (Å²) in [5, 5.41) is 2.73. The molecule has 7 nitrogen and oxygen atoms in total. The number of amides is 3. The van der Waals surface area contributed by atoms with Crippen LogP contribution in [0, 0.1) is 0 Å². The Kier molecular flexibility index (Phi) is 6.58. The average Bonchev–Trinajstić information content (AvgIpc) is 3.39. The van der Waals surface area contributed by atoms with E-state index in [0.29, 0.717) is 48.9 Å². The van der Waals surface area contributed by atoms with Gasteiger partial charge in [-0.15, -0.1) is 0 Å². The number of furan rings is 1. The molecular weight excluding hydrogens is 418 g/mol. The van der Waals surface area contributed by atoms with Gasteiger partial charge in [-0.1, -0.05) is 26.0 Å². The lowest BCUT2D eigenvalue weighted by Crippen LogP contribution is -2.50. The van der Waals surface area contributed by atoms with Crippen molar-refractivity contribution < 1.29 is 18.8 Å². The van der Waals surface area contributed by atoms with Gasteiger partial charge in [-0.05, 0) is 60.0 Å². The van der Waals surface area contributed by atoms with Gasteiger partial charge in [0.15, 0.2) is 5.76 Å². The Morgan fingerprint density at radius 1 is 0.788 bits per heavy atom. The molecule has 3 aromatic rings. The topological polar surface area (TPSA) is 82.9 Å². The molecule has 1 aliphatic rings. The molecule has 0 aliphatic carbocycles. The Balaban J connectivity index is 1.31. The number of hydrogen-bond acceptors (Lipinski definition) is 4. The largest absolute Gasteiger partial charge is 0.459 e. The maximum absolute atomic E-state index is 12.9. The summed E-state index contributed by atoms with van der Waals surface area (Å²) >= 11 is 0. The van der Waals surface area contributed by atoms with Crippen LogP contribution in [0.15, 0.2) is 71.3 Å². The molecule has 33 heavy (non-hydrogen) atoms. The number of piperazine rings is 1. The van der Waals surface area contributed by atoms with Crippen molar-refractivity contribution in [3.8, 4) is 0 Å². The van der Waals surface area contributed by atoms with E-state index in [1.807, 2.05) is 24.3 Å². The lowest BCUT2D eigenvalue weighted by Gasteiger charge is -2.35. The van der Waals surface area contributed by atoms with Crippen LogP contribution < -0.4 is 5.32 Å². The zero-order valence-electron chi connectivity index (χ0n) is 18.8. The van der Waals surface area contributed by atoms with Gasteiger partial charge in [-0.3, -0.25) is 14.4 Å². The highest BCUT2D eigenvalue weighted by Crippen LogP contribution is 2.18. The second kappa shape index (κ2) is 9.73.